The van der Waals surface area contributed by atoms with E-state index < -0.39 is 0 Å². The van der Waals surface area contributed by atoms with Gasteiger partial charge in [0.1, 0.15) is 10.7 Å². The maximum Gasteiger partial charge on any atom is 0.265 e. The molecule has 106 valence electrons. The van der Waals surface area contributed by atoms with Gasteiger partial charge in [-0.2, -0.15) is 0 Å². The number of aromatic nitrogens is 1. The highest BCUT2D eigenvalue weighted by molar-refractivity contribution is 9.10. The molecule has 1 unspecified atom stereocenters. The first-order valence-electron chi connectivity index (χ1n) is 6.01. The van der Waals surface area contributed by atoms with Crippen molar-refractivity contribution in [2.45, 2.75) is 13.0 Å². The van der Waals surface area contributed by atoms with Gasteiger partial charge in [-0.15, -0.1) is 0 Å². The van der Waals surface area contributed by atoms with Crippen molar-refractivity contribution in [3.8, 4) is 0 Å². The quantitative estimate of drug-likeness (QED) is 0.788. The number of nitrogen functional groups attached to an aromatic ring is 1. The van der Waals surface area contributed by atoms with Crippen LogP contribution in [0.2, 0.25) is 0 Å². The van der Waals surface area contributed by atoms with Crippen LogP contribution < -0.4 is 16.4 Å². The minimum Gasteiger partial charge on any atom is -0.382 e. The van der Waals surface area contributed by atoms with Crippen molar-refractivity contribution in [1.29, 1.82) is 0 Å². The van der Waals surface area contributed by atoms with Crippen LogP contribution in [-0.4, -0.2) is 17.9 Å². The summed E-state index contributed by atoms with van der Waals surface area (Å²) < 4.78 is 0.978. The van der Waals surface area contributed by atoms with Gasteiger partial charge in [0.25, 0.3) is 5.91 Å². The Kier molecular flexibility index (Phi) is 4.61. The van der Waals surface area contributed by atoms with E-state index in [2.05, 4.69) is 31.5 Å². The van der Waals surface area contributed by atoms with E-state index in [1.165, 1.54) is 11.3 Å². The first-order chi connectivity index (χ1) is 9.51. The number of thiazole rings is 1. The molecule has 0 aliphatic carbocycles. The van der Waals surface area contributed by atoms with Crippen LogP contribution in [-0.2, 0) is 0 Å². The van der Waals surface area contributed by atoms with Crippen molar-refractivity contribution >= 4 is 44.1 Å². The lowest BCUT2D eigenvalue weighted by Gasteiger charge is -2.14. The molecule has 0 radical (unpaired) electrons. The van der Waals surface area contributed by atoms with Crippen LogP contribution in [0.4, 0.5) is 10.9 Å². The fourth-order valence-electron chi connectivity index (χ4n) is 1.72. The van der Waals surface area contributed by atoms with Crippen LogP contribution in [0.5, 0.6) is 0 Å². The number of nitrogens with two attached hydrogens (primary N) is 1. The topological polar surface area (TPSA) is 80.0 Å². The minimum atomic E-state index is -0.214. The number of nitrogens with zero attached hydrogens (tertiary/aromatic N) is 1. The van der Waals surface area contributed by atoms with Gasteiger partial charge in [0.2, 0.25) is 0 Å². The van der Waals surface area contributed by atoms with Crippen molar-refractivity contribution in [1.82, 2.24) is 10.3 Å². The Balaban J connectivity index is 2.12. The Hall–Kier alpha value is -1.60. The molecule has 0 spiro atoms. The third-order valence-electron chi connectivity index (χ3n) is 2.77. The Labute approximate surface area is 129 Å². The molecule has 0 aliphatic heterocycles. The standard InChI is InChI=1S/C13H15BrN4OS/c1-7(8-4-3-5-9(14)6-8)17-12(19)10-11(15)18-13(16-2)20-10/h3-7H,15H2,1-2H3,(H,16,18)(H,17,19). The van der Waals surface area contributed by atoms with Crippen molar-refractivity contribution in [2.75, 3.05) is 18.1 Å². The summed E-state index contributed by atoms with van der Waals surface area (Å²) in [6.45, 7) is 1.93. The number of nitrogens with one attached hydrogen (secondary N) is 2. The van der Waals surface area contributed by atoms with Gasteiger partial charge in [-0.3, -0.25) is 4.79 Å². The average molecular weight is 355 g/mol. The predicted molar refractivity (Wildman–Crippen MR) is 86.1 cm³/mol. The number of amides is 1. The number of benzene rings is 1. The van der Waals surface area contributed by atoms with Gasteiger partial charge in [-0.25, -0.2) is 4.98 Å². The fraction of sp³-hybridized carbons (Fsp3) is 0.231. The molecular weight excluding hydrogens is 340 g/mol. The summed E-state index contributed by atoms with van der Waals surface area (Å²) in [5, 5.41) is 6.43. The summed E-state index contributed by atoms with van der Waals surface area (Å²) >= 11 is 4.66. The van der Waals surface area contributed by atoms with Crippen LogP contribution >= 0.6 is 27.3 Å². The van der Waals surface area contributed by atoms with Crippen molar-refractivity contribution in [3.63, 3.8) is 0 Å². The van der Waals surface area contributed by atoms with Gasteiger partial charge in [-0.05, 0) is 24.6 Å². The second kappa shape index (κ2) is 6.23. The molecule has 1 atom stereocenters. The third-order valence-corrected chi connectivity index (χ3v) is 4.35. The molecule has 1 heterocycles. The summed E-state index contributed by atoms with van der Waals surface area (Å²) in [5.41, 5.74) is 6.77. The minimum absolute atomic E-state index is 0.112. The average Bonchev–Trinajstić information content (AvgIpc) is 2.80. The van der Waals surface area contributed by atoms with Gasteiger partial charge in [-0.1, -0.05) is 39.4 Å². The van der Waals surface area contributed by atoms with E-state index in [0.717, 1.165) is 10.0 Å². The predicted octanol–water partition coefficient (Wildman–Crippen LogP) is 3.02. The van der Waals surface area contributed by atoms with Crippen molar-refractivity contribution < 1.29 is 4.79 Å². The molecular formula is C13H15BrN4OS. The summed E-state index contributed by atoms with van der Waals surface area (Å²) in [4.78, 5) is 16.7. The van der Waals surface area contributed by atoms with E-state index in [-0.39, 0.29) is 17.8 Å². The second-order valence-corrected chi connectivity index (χ2v) is 6.15. The number of halogens is 1. The zero-order valence-electron chi connectivity index (χ0n) is 11.1. The highest BCUT2D eigenvalue weighted by Gasteiger charge is 2.18. The maximum absolute atomic E-state index is 12.2. The summed E-state index contributed by atoms with van der Waals surface area (Å²) in [7, 11) is 1.74. The molecule has 7 heteroatoms. The Morgan fingerprint density at radius 2 is 2.25 bits per heavy atom. The molecule has 1 amide bonds. The van der Waals surface area contributed by atoms with E-state index in [4.69, 9.17) is 5.73 Å². The van der Waals surface area contributed by atoms with Gasteiger partial charge < -0.3 is 16.4 Å². The van der Waals surface area contributed by atoms with Crippen LogP contribution in [0.25, 0.3) is 0 Å². The summed E-state index contributed by atoms with van der Waals surface area (Å²) in [6.07, 6.45) is 0. The Morgan fingerprint density at radius 3 is 2.85 bits per heavy atom. The first kappa shape index (κ1) is 14.8. The monoisotopic (exact) mass is 354 g/mol. The second-order valence-electron chi connectivity index (χ2n) is 4.23. The molecule has 0 bridgehead atoms. The SMILES string of the molecule is CNc1nc(N)c(C(=O)NC(C)c2cccc(Br)c2)s1. The van der Waals surface area contributed by atoms with Gasteiger partial charge in [0.15, 0.2) is 5.13 Å². The molecule has 1 aromatic heterocycles. The van der Waals surface area contributed by atoms with Gasteiger partial charge in [0.05, 0.1) is 6.04 Å². The molecule has 0 fully saturated rings. The molecule has 4 N–H and O–H groups in total. The number of carbonyl (C=O) groups excluding carboxylic acids is 1. The van der Waals surface area contributed by atoms with Crippen LogP contribution in [0.3, 0.4) is 0 Å². The third kappa shape index (κ3) is 3.29. The van der Waals surface area contributed by atoms with Crippen LogP contribution in [0.1, 0.15) is 28.2 Å². The molecule has 0 saturated carbocycles. The number of hydrogen-bond donors (Lipinski definition) is 3. The molecule has 0 saturated heterocycles. The van der Waals surface area contributed by atoms with E-state index in [1.54, 1.807) is 7.05 Å². The molecule has 2 rings (SSSR count). The smallest absolute Gasteiger partial charge is 0.265 e. The lowest BCUT2D eigenvalue weighted by Crippen LogP contribution is -2.26. The Bertz CT molecular complexity index is 629. The molecule has 20 heavy (non-hydrogen) atoms. The zero-order valence-corrected chi connectivity index (χ0v) is 13.5. The normalized spacial score (nSPS) is 11.9. The highest BCUT2D eigenvalue weighted by Crippen LogP contribution is 2.25. The zero-order chi connectivity index (χ0) is 14.7. The van der Waals surface area contributed by atoms with Crippen molar-refractivity contribution in [2.24, 2.45) is 0 Å². The molecule has 1 aromatic carbocycles. The molecule has 0 aliphatic rings. The Morgan fingerprint density at radius 1 is 1.50 bits per heavy atom. The molecule has 5 nitrogen and oxygen atoms in total. The van der Waals surface area contributed by atoms with Gasteiger partial charge in [0, 0.05) is 11.5 Å². The number of hydrogen-bond acceptors (Lipinski definition) is 5. The first-order valence-corrected chi connectivity index (χ1v) is 7.62. The van der Waals surface area contributed by atoms with E-state index in [0.29, 0.717) is 10.0 Å². The summed E-state index contributed by atoms with van der Waals surface area (Å²) in [5.74, 6) is 0.0345. The largest absolute Gasteiger partial charge is 0.382 e. The van der Waals surface area contributed by atoms with Gasteiger partial charge >= 0.3 is 0 Å². The fourth-order valence-corrected chi connectivity index (χ4v) is 2.88. The lowest BCUT2D eigenvalue weighted by molar-refractivity contribution is 0.0944. The number of rotatable bonds is 4. The van der Waals surface area contributed by atoms with E-state index in [1.807, 2.05) is 31.2 Å². The lowest BCUT2D eigenvalue weighted by atomic mass is 10.1. The number of carbonyl (C=O) groups is 1. The summed E-state index contributed by atoms with van der Waals surface area (Å²) in [6, 6.07) is 7.70. The van der Waals surface area contributed by atoms with Crippen LogP contribution in [0, 0.1) is 0 Å². The highest BCUT2D eigenvalue weighted by atomic mass is 79.9. The van der Waals surface area contributed by atoms with E-state index >= 15 is 0 Å². The van der Waals surface area contributed by atoms with E-state index in [9.17, 15) is 4.79 Å². The number of anilines is 2. The van der Waals surface area contributed by atoms with Crippen LogP contribution in [0.15, 0.2) is 28.7 Å². The van der Waals surface area contributed by atoms with Crippen molar-refractivity contribution in [3.05, 3.63) is 39.2 Å². The maximum atomic E-state index is 12.2. The molecule has 2 aromatic rings.